The zero-order valence-electron chi connectivity index (χ0n) is 11.4. The van der Waals surface area contributed by atoms with Crippen molar-refractivity contribution in [2.24, 2.45) is 7.05 Å². The van der Waals surface area contributed by atoms with Gasteiger partial charge in [0.25, 0.3) is 0 Å². The van der Waals surface area contributed by atoms with Gasteiger partial charge in [-0.25, -0.2) is 0 Å². The molecule has 1 saturated carbocycles. The molecule has 1 aliphatic carbocycles. The third-order valence-corrected chi connectivity index (χ3v) is 4.32. The maximum absolute atomic E-state index is 10.7. The smallest absolute Gasteiger partial charge is 0.0841 e. The van der Waals surface area contributed by atoms with Crippen molar-refractivity contribution in [1.82, 2.24) is 14.7 Å². The molecule has 0 bridgehead atoms. The Kier molecular flexibility index (Phi) is 2.94. The Morgan fingerprint density at radius 3 is 2.89 bits per heavy atom. The predicted octanol–water partition coefficient (Wildman–Crippen LogP) is 1.12. The molecule has 100 valence electrons. The Labute approximate surface area is 109 Å². The largest absolute Gasteiger partial charge is 0.388 e. The van der Waals surface area contributed by atoms with E-state index in [0.29, 0.717) is 0 Å². The Morgan fingerprint density at radius 1 is 1.50 bits per heavy atom. The van der Waals surface area contributed by atoms with E-state index in [9.17, 15) is 5.11 Å². The zero-order valence-corrected chi connectivity index (χ0v) is 11.4. The topological polar surface area (TPSA) is 41.3 Å². The first-order valence-corrected chi connectivity index (χ1v) is 7.08. The van der Waals surface area contributed by atoms with Crippen LogP contribution in [0.3, 0.4) is 0 Å². The minimum Gasteiger partial charge on any atom is -0.388 e. The van der Waals surface area contributed by atoms with E-state index in [1.54, 1.807) is 0 Å². The number of rotatable bonds is 4. The van der Waals surface area contributed by atoms with Gasteiger partial charge in [-0.05, 0) is 31.7 Å². The number of hydrogen-bond donors (Lipinski definition) is 1. The van der Waals surface area contributed by atoms with Crippen molar-refractivity contribution in [3.63, 3.8) is 0 Å². The van der Waals surface area contributed by atoms with Crippen LogP contribution in [0.4, 0.5) is 0 Å². The van der Waals surface area contributed by atoms with Gasteiger partial charge in [0.05, 0.1) is 11.3 Å². The molecule has 4 heteroatoms. The van der Waals surface area contributed by atoms with Crippen molar-refractivity contribution in [2.45, 2.75) is 50.7 Å². The summed E-state index contributed by atoms with van der Waals surface area (Å²) in [6.07, 6.45) is 5.24. The van der Waals surface area contributed by atoms with Crippen molar-refractivity contribution >= 4 is 0 Å². The van der Waals surface area contributed by atoms with Crippen molar-refractivity contribution in [2.75, 3.05) is 13.1 Å². The minimum absolute atomic E-state index is 0.540. The molecule has 1 N–H and O–H groups in total. The molecule has 1 aromatic heterocycles. The van der Waals surface area contributed by atoms with Gasteiger partial charge in [-0.1, -0.05) is 6.92 Å². The fourth-order valence-corrected chi connectivity index (χ4v) is 3.03. The third-order valence-electron chi connectivity index (χ3n) is 4.32. The van der Waals surface area contributed by atoms with Crippen LogP contribution in [0.25, 0.3) is 0 Å². The van der Waals surface area contributed by atoms with Crippen LogP contribution in [0, 0.1) is 0 Å². The van der Waals surface area contributed by atoms with Crippen LogP contribution in [-0.2, 0) is 19.9 Å². The summed E-state index contributed by atoms with van der Waals surface area (Å²) in [7, 11) is 1.98. The van der Waals surface area contributed by atoms with E-state index in [4.69, 9.17) is 0 Å². The Bertz CT molecular complexity index is 438. The molecule has 0 spiro atoms. The average Bonchev–Trinajstić information content (AvgIpc) is 3.04. The molecule has 2 aliphatic rings. The molecule has 2 fully saturated rings. The van der Waals surface area contributed by atoms with Crippen molar-refractivity contribution in [3.05, 3.63) is 17.5 Å². The summed E-state index contributed by atoms with van der Waals surface area (Å²) in [5.74, 6) is 0. The van der Waals surface area contributed by atoms with E-state index in [1.807, 2.05) is 11.7 Å². The number of aromatic nitrogens is 2. The number of nitrogens with zero attached hydrogens (tertiary/aromatic N) is 3. The summed E-state index contributed by atoms with van der Waals surface area (Å²) >= 11 is 0. The first-order chi connectivity index (χ1) is 8.59. The van der Waals surface area contributed by atoms with Crippen molar-refractivity contribution < 1.29 is 5.11 Å². The standard InChI is InChI=1S/C14H23N3O/c1-3-11-8-13(16(2)15-11)9-14(18)6-7-17(10-14)12-4-5-12/h8,12,18H,3-7,9-10H2,1-2H3. The van der Waals surface area contributed by atoms with Gasteiger partial charge in [0, 0.05) is 38.3 Å². The number of likely N-dealkylation sites (tertiary alicyclic amines) is 1. The van der Waals surface area contributed by atoms with Crippen molar-refractivity contribution in [3.8, 4) is 0 Å². The molecule has 4 nitrogen and oxygen atoms in total. The molecule has 3 rings (SSSR count). The summed E-state index contributed by atoms with van der Waals surface area (Å²) in [4.78, 5) is 2.46. The normalized spacial score (nSPS) is 29.1. The highest BCUT2D eigenvalue weighted by atomic mass is 16.3. The number of hydrogen-bond acceptors (Lipinski definition) is 3. The molecule has 1 aliphatic heterocycles. The van der Waals surface area contributed by atoms with Crippen LogP contribution in [0.5, 0.6) is 0 Å². The van der Waals surface area contributed by atoms with E-state index in [1.165, 1.54) is 12.8 Å². The van der Waals surface area contributed by atoms with Gasteiger partial charge in [-0.3, -0.25) is 9.58 Å². The minimum atomic E-state index is -0.540. The summed E-state index contributed by atoms with van der Waals surface area (Å²) in [5, 5.41) is 15.2. The van der Waals surface area contributed by atoms with Gasteiger partial charge in [0.15, 0.2) is 0 Å². The van der Waals surface area contributed by atoms with Crippen LogP contribution < -0.4 is 0 Å². The molecule has 1 aromatic rings. The van der Waals surface area contributed by atoms with E-state index in [2.05, 4.69) is 23.0 Å². The quantitative estimate of drug-likeness (QED) is 0.869. The zero-order chi connectivity index (χ0) is 12.8. The highest BCUT2D eigenvalue weighted by molar-refractivity contribution is 5.14. The lowest BCUT2D eigenvalue weighted by Gasteiger charge is -2.23. The fraction of sp³-hybridized carbons (Fsp3) is 0.786. The van der Waals surface area contributed by atoms with Gasteiger partial charge in [0.1, 0.15) is 0 Å². The molecular formula is C14H23N3O. The number of aliphatic hydroxyl groups is 1. The summed E-state index contributed by atoms with van der Waals surface area (Å²) in [6, 6.07) is 2.90. The molecule has 18 heavy (non-hydrogen) atoms. The van der Waals surface area contributed by atoms with Crippen LogP contribution in [0.15, 0.2) is 6.07 Å². The highest BCUT2D eigenvalue weighted by Gasteiger charge is 2.42. The Hall–Kier alpha value is -0.870. The Morgan fingerprint density at radius 2 is 2.28 bits per heavy atom. The molecule has 1 saturated heterocycles. The van der Waals surface area contributed by atoms with Gasteiger partial charge < -0.3 is 5.11 Å². The lowest BCUT2D eigenvalue weighted by Crippen LogP contribution is -2.36. The van der Waals surface area contributed by atoms with Crippen LogP contribution >= 0.6 is 0 Å². The van der Waals surface area contributed by atoms with E-state index >= 15 is 0 Å². The molecule has 2 heterocycles. The SMILES string of the molecule is CCc1cc(CC2(O)CCN(C3CC3)C2)n(C)n1. The molecular weight excluding hydrogens is 226 g/mol. The van der Waals surface area contributed by atoms with E-state index < -0.39 is 5.60 Å². The van der Waals surface area contributed by atoms with Crippen LogP contribution in [-0.4, -0.2) is 44.5 Å². The second kappa shape index (κ2) is 4.35. The third kappa shape index (κ3) is 2.31. The van der Waals surface area contributed by atoms with E-state index in [0.717, 1.165) is 49.8 Å². The second-order valence-corrected chi connectivity index (χ2v) is 5.96. The molecule has 1 unspecified atom stereocenters. The second-order valence-electron chi connectivity index (χ2n) is 5.96. The number of aryl methyl sites for hydroxylation is 2. The van der Waals surface area contributed by atoms with E-state index in [-0.39, 0.29) is 0 Å². The van der Waals surface area contributed by atoms with Crippen LogP contribution in [0.2, 0.25) is 0 Å². The fourth-order valence-electron chi connectivity index (χ4n) is 3.03. The maximum Gasteiger partial charge on any atom is 0.0841 e. The van der Waals surface area contributed by atoms with Gasteiger partial charge in [-0.2, -0.15) is 5.10 Å². The summed E-state index contributed by atoms with van der Waals surface area (Å²) in [6.45, 7) is 4.01. The van der Waals surface area contributed by atoms with Gasteiger partial charge >= 0.3 is 0 Å². The summed E-state index contributed by atoms with van der Waals surface area (Å²) < 4.78 is 1.93. The lowest BCUT2D eigenvalue weighted by molar-refractivity contribution is 0.0469. The monoisotopic (exact) mass is 249 g/mol. The molecule has 1 atom stereocenters. The molecule has 0 radical (unpaired) electrons. The molecule has 0 amide bonds. The first-order valence-electron chi connectivity index (χ1n) is 7.08. The summed E-state index contributed by atoms with van der Waals surface area (Å²) in [5.41, 5.74) is 1.74. The van der Waals surface area contributed by atoms with Crippen LogP contribution in [0.1, 0.15) is 37.6 Å². The Balaban J connectivity index is 1.69. The highest BCUT2D eigenvalue weighted by Crippen LogP contribution is 2.34. The molecule has 0 aromatic carbocycles. The first kappa shape index (κ1) is 12.2. The average molecular weight is 249 g/mol. The predicted molar refractivity (Wildman–Crippen MR) is 70.5 cm³/mol. The number of β-amino-alcohol motifs (C(OH)–C–C–N with tert-alkyl or cyclic N) is 1. The van der Waals surface area contributed by atoms with Gasteiger partial charge in [0.2, 0.25) is 0 Å². The van der Waals surface area contributed by atoms with Crippen molar-refractivity contribution in [1.29, 1.82) is 0 Å². The van der Waals surface area contributed by atoms with Gasteiger partial charge in [-0.15, -0.1) is 0 Å². The lowest BCUT2D eigenvalue weighted by atomic mass is 9.96. The maximum atomic E-state index is 10.7.